The van der Waals surface area contributed by atoms with E-state index in [0.717, 1.165) is 48.0 Å². The van der Waals surface area contributed by atoms with Gasteiger partial charge in [-0.15, -0.1) is 0 Å². The van der Waals surface area contributed by atoms with Gasteiger partial charge in [-0.1, -0.05) is 42.5 Å². The third-order valence-corrected chi connectivity index (χ3v) is 6.34. The van der Waals surface area contributed by atoms with E-state index in [0.29, 0.717) is 6.42 Å². The molecule has 1 atom stereocenters. The summed E-state index contributed by atoms with van der Waals surface area (Å²) in [7, 11) is 0. The molecule has 1 unspecified atom stereocenters. The Balaban J connectivity index is 1.28. The number of nitrogens with one attached hydrogen (secondary N) is 1. The third kappa shape index (κ3) is 5.02. The van der Waals surface area contributed by atoms with Crippen LogP contribution in [0, 0.1) is 11.7 Å². The maximum atomic E-state index is 13.1. The molecule has 0 aliphatic carbocycles. The Labute approximate surface area is 180 Å². The van der Waals surface area contributed by atoms with Crippen LogP contribution in [0.2, 0.25) is 0 Å². The summed E-state index contributed by atoms with van der Waals surface area (Å²) in [5.41, 5.74) is 2.11. The quantitative estimate of drug-likeness (QED) is 0.639. The Morgan fingerprint density at radius 3 is 2.57 bits per heavy atom. The normalized spacial score (nSPS) is 15.7. The number of nitrogens with zero attached hydrogens (tertiary/aromatic N) is 3. The highest BCUT2D eigenvalue weighted by molar-refractivity contribution is 7.09. The van der Waals surface area contributed by atoms with Gasteiger partial charge in [-0.05, 0) is 43.0 Å². The second-order valence-corrected chi connectivity index (χ2v) is 8.43. The van der Waals surface area contributed by atoms with E-state index >= 15 is 0 Å². The molecule has 2 heterocycles. The van der Waals surface area contributed by atoms with E-state index in [1.54, 1.807) is 12.1 Å². The summed E-state index contributed by atoms with van der Waals surface area (Å²) in [6.45, 7) is 3.61. The molecule has 0 spiro atoms. The van der Waals surface area contributed by atoms with Gasteiger partial charge in [0.1, 0.15) is 11.6 Å². The molecule has 0 bridgehead atoms. The van der Waals surface area contributed by atoms with Crippen LogP contribution in [0.5, 0.6) is 0 Å². The van der Waals surface area contributed by atoms with Crippen LogP contribution in [0.3, 0.4) is 0 Å². The van der Waals surface area contributed by atoms with E-state index in [-0.39, 0.29) is 23.7 Å². The minimum absolute atomic E-state index is 0.00825. The molecular formula is C23H25FN4OS. The molecule has 1 N–H and O–H groups in total. The molecule has 1 aliphatic heterocycles. The van der Waals surface area contributed by atoms with Crippen molar-refractivity contribution in [1.29, 1.82) is 0 Å². The van der Waals surface area contributed by atoms with Crippen molar-refractivity contribution in [2.45, 2.75) is 32.2 Å². The Morgan fingerprint density at radius 1 is 1.17 bits per heavy atom. The molecule has 3 aromatic rings. The van der Waals surface area contributed by atoms with Crippen LogP contribution in [0.15, 0.2) is 54.6 Å². The lowest BCUT2D eigenvalue weighted by atomic mass is 9.95. The number of hydrogen-bond acceptors (Lipinski definition) is 5. The second-order valence-electron chi connectivity index (χ2n) is 7.70. The van der Waals surface area contributed by atoms with E-state index in [4.69, 9.17) is 0 Å². The van der Waals surface area contributed by atoms with Crippen LogP contribution < -0.4 is 10.2 Å². The molecule has 0 saturated carbocycles. The smallest absolute Gasteiger partial charge is 0.223 e. The van der Waals surface area contributed by atoms with Crippen LogP contribution in [-0.2, 0) is 11.2 Å². The molecule has 5 nitrogen and oxygen atoms in total. The zero-order valence-corrected chi connectivity index (χ0v) is 17.7. The standard InChI is InChI=1S/C23H25FN4OS/c1-16(18-5-3-2-4-6-18)25-22(29)19-11-13-28(14-12-19)23-26-21(27-30-23)15-17-7-9-20(24)10-8-17/h2-10,16,19H,11-15H2,1H3,(H,25,29). The van der Waals surface area contributed by atoms with Gasteiger partial charge in [0.25, 0.3) is 0 Å². The van der Waals surface area contributed by atoms with Gasteiger partial charge in [-0.25, -0.2) is 9.37 Å². The summed E-state index contributed by atoms with van der Waals surface area (Å²) >= 11 is 1.39. The monoisotopic (exact) mass is 424 g/mol. The summed E-state index contributed by atoms with van der Waals surface area (Å²) in [6.07, 6.45) is 2.20. The van der Waals surface area contributed by atoms with E-state index in [1.165, 1.54) is 23.7 Å². The van der Waals surface area contributed by atoms with Gasteiger partial charge in [0.15, 0.2) is 0 Å². The van der Waals surface area contributed by atoms with Gasteiger partial charge < -0.3 is 10.2 Å². The largest absolute Gasteiger partial charge is 0.349 e. The van der Waals surface area contributed by atoms with Crippen LogP contribution in [0.4, 0.5) is 9.52 Å². The average Bonchev–Trinajstić information content (AvgIpc) is 3.24. The number of aromatic nitrogens is 2. The number of carbonyl (C=O) groups excluding carboxylic acids is 1. The van der Waals surface area contributed by atoms with Gasteiger partial charge in [0.2, 0.25) is 11.0 Å². The van der Waals surface area contributed by atoms with Crippen LogP contribution in [0.25, 0.3) is 0 Å². The van der Waals surface area contributed by atoms with Crippen molar-refractivity contribution in [2.24, 2.45) is 5.92 Å². The predicted octanol–water partition coefficient (Wildman–Crippen LogP) is 4.36. The van der Waals surface area contributed by atoms with Crippen molar-refractivity contribution in [3.05, 3.63) is 77.4 Å². The van der Waals surface area contributed by atoms with E-state index in [2.05, 4.69) is 19.6 Å². The molecule has 1 saturated heterocycles. The second kappa shape index (κ2) is 9.34. The number of rotatable bonds is 6. The number of carbonyl (C=O) groups is 1. The van der Waals surface area contributed by atoms with Crippen molar-refractivity contribution >= 4 is 22.6 Å². The molecule has 7 heteroatoms. The third-order valence-electron chi connectivity index (χ3n) is 5.53. The summed E-state index contributed by atoms with van der Waals surface area (Å²) in [6, 6.07) is 16.5. The Bertz CT molecular complexity index is 968. The fourth-order valence-electron chi connectivity index (χ4n) is 3.72. The topological polar surface area (TPSA) is 58.1 Å². The van der Waals surface area contributed by atoms with Crippen molar-refractivity contribution in [3.8, 4) is 0 Å². The molecule has 1 aliphatic rings. The number of piperidine rings is 1. The first-order valence-corrected chi connectivity index (χ1v) is 11.0. The molecule has 1 amide bonds. The summed E-state index contributed by atoms with van der Waals surface area (Å²) in [4.78, 5) is 19.5. The maximum Gasteiger partial charge on any atom is 0.223 e. The minimum atomic E-state index is -0.240. The molecule has 1 fully saturated rings. The van der Waals surface area contributed by atoms with Gasteiger partial charge in [0.05, 0.1) is 6.04 Å². The summed E-state index contributed by atoms with van der Waals surface area (Å²) in [5, 5.41) is 4.04. The molecule has 1 aromatic heterocycles. The zero-order valence-electron chi connectivity index (χ0n) is 16.9. The van der Waals surface area contributed by atoms with Gasteiger partial charge in [-0.3, -0.25) is 4.79 Å². The lowest BCUT2D eigenvalue weighted by Gasteiger charge is -2.31. The Hall–Kier alpha value is -2.80. The summed E-state index contributed by atoms with van der Waals surface area (Å²) < 4.78 is 17.5. The number of halogens is 1. The lowest BCUT2D eigenvalue weighted by molar-refractivity contribution is -0.126. The van der Waals surface area contributed by atoms with E-state index in [9.17, 15) is 9.18 Å². The Morgan fingerprint density at radius 2 is 1.87 bits per heavy atom. The molecule has 2 aromatic carbocycles. The van der Waals surface area contributed by atoms with Crippen molar-refractivity contribution in [3.63, 3.8) is 0 Å². The van der Waals surface area contributed by atoms with Crippen molar-refractivity contribution in [1.82, 2.24) is 14.7 Å². The average molecular weight is 425 g/mol. The van der Waals surface area contributed by atoms with Crippen LogP contribution in [0.1, 0.15) is 42.8 Å². The zero-order chi connectivity index (χ0) is 20.9. The highest BCUT2D eigenvalue weighted by Gasteiger charge is 2.27. The van der Waals surface area contributed by atoms with E-state index < -0.39 is 0 Å². The molecule has 156 valence electrons. The first kappa shape index (κ1) is 20.5. The predicted molar refractivity (Wildman–Crippen MR) is 117 cm³/mol. The highest BCUT2D eigenvalue weighted by atomic mass is 32.1. The van der Waals surface area contributed by atoms with Crippen LogP contribution >= 0.6 is 11.5 Å². The first-order chi connectivity index (χ1) is 14.6. The number of anilines is 1. The maximum absolute atomic E-state index is 13.1. The molecule has 0 radical (unpaired) electrons. The molecule has 30 heavy (non-hydrogen) atoms. The fraction of sp³-hybridized carbons (Fsp3) is 0.348. The van der Waals surface area contributed by atoms with E-state index in [1.807, 2.05) is 37.3 Å². The number of hydrogen-bond donors (Lipinski definition) is 1. The first-order valence-electron chi connectivity index (χ1n) is 10.3. The van der Waals surface area contributed by atoms with Crippen LogP contribution in [-0.4, -0.2) is 28.4 Å². The van der Waals surface area contributed by atoms with Gasteiger partial charge in [0, 0.05) is 37.0 Å². The molecule has 4 rings (SSSR count). The lowest BCUT2D eigenvalue weighted by Crippen LogP contribution is -2.41. The number of amides is 1. The number of benzene rings is 2. The summed E-state index contributed by atoms with van der Waals surface area (Å²) in [5.74, 6) is 0.660. The van der Waals surface area contributed by atoms with Gasteiger partial charge in [-0.2, -0.15) is 4.37 Å². The molecular weight excluding hydrogens is 399 g/mol. The fourth-order valence-corrected chi connectivity index (χ4v) is 4.46. The van der Waals surface area contributed by atoms with Gasteiger partial charge >= 0.3 is 0 Å². The minimum Gasteiger partial charge on any atom is -0.349 e. The van der Waals surface area contributed by atoms with Crippen molar-refractivity contribution in [2.75, 3.05) is 18.0 Å². The SMILES string of the molecule is CC(NC(=O)C1CCN(c2nc(Cc3ccc(F)cc3)ns2)CC1)c1ccccc1. The highest BCUT2D eigenvalue weighted by Crippen LogP contribution is 2.26. The van der Waals surface area contributed by atoms with Crippen molar-refractivity contribution < 1.29 is 9.18 Å². The Kier molecular flexibility index (Phi) is 6.38.